The molecule has 1 unspecified atom stereocenters. The van der Waals surface area contributed by atoms with Crippen molar-refractivity contribution in [3.8, 4) is 0 Å². The van der Waals surface area contributed by atoms with Crippen LogP contribution in [0.5, 0.6) is 0 Å². The number of likely N-dealkylation sites (tertiary alicyclic amines) is 1. The number of fused-ring (bicyclic) bond motifs is 2. The summed E-state index contributed by atoms with van der Waals surface area (Å²) in [6.07, 6.45) is 2.10. The van der Waals surface area contributed by atoms with Gasteiger partial charge in [-0.3, -0.25) is 14.4 Å². The summed E-state index contributed by atoms with van der Waals surface area (Å²) in [5.41, 5.74) is -0.617. The molecule has 1 atom stereocenters. The Bertz CT molecular complexity index is 1260. The number of halogens is 1. The first-order chi connectivity index (χ1) is 17.2. The highest BCUT2D eigenvalue weighted by Gasteiger charge is 2.66. The lowest BCUT2D eigenvalue weighted by atomic mass is 9.81. The maximum Gasteiger partial charge on any atom is 0.296 e. The second-order valence-electron chi connectivity index (χ2n) is 9.67. The van der Waals surface area contributed by atoms with E-state index in [0.717, 1.165) is 18.9 Å². The third kappa shape index (κ3) is 3.89. The summed E-state index contributed by atoms with van der Waals surface area (Å²) in [5, 5.41) is 11.4. The molecule has 0 saturated carbocycles. The molecule has 2 amide bonds. The number of Topliss-reactive ketones (excluding diaryl/α,β-unsaturated/α-hetero) is 1. The van der Waals surface area contributed by atoms with Crippen molar-refractivity contribution in [2.45, 2.75) is 38.6 Å². The summed E-state index contributed by atoms with van der Waals surface area (Å²) in [4.78, 5) is 46.2. The van der Waals surface area contributed by atoms with E-state index >= 15 is 0 Å². The quantitative estimate of drug-likeness (QED) is 0.344. The van der Waals surface area contributed by atoms with Crippen molar-refractivity contribution in [3.05, 3.63) is 70.5 Å². The van der Waals surface area contributed by atoms with Crippen molar-refractivity contribution in [2.24, 2.45) is 0 Å². The third-order valence-corrected chi connectivity index (χ3v) is 6.98. The number of ketones is 1. The average molecular weight is 494 g/mol. The topological polar surface area (TPSA) is 81.2 Å². The summed E-state index contributed by atoms with van der Waals surface area (Å²) in [7, 11) is 3.80. The molecule has 4 rings (SSSR count). The van der Waals surface area contributed by atoms with Crippen LogP contribution in [0.1, 0.15) is 42.9 Å². The second-order valence-corrected chi connectivity index (χ2v) is 9.67. The lowest BCUT2D eigenvalue weighted by Crippen LogP contribution is -2.52. The number of nitrogens with zero attached hydrogens (tertiary/aromatic N) is 3. The van der Waals surface area contributed by atoms with Gasteiger partial charge >= 0.3 is 0 Å². The van der Waals surface area contributed by atoms with E-state index in [4.69, 9.17) is 0 Å². The number of anilines is 1. The van der Waals surface area contributed by atoms with Gasteiger partial charge in [-0.05, 0) is 58.1 Å². The first-order valence-corrected chi connectivity index (χ1v) is 12.3. The van der Waals surface area contributed by atoms with Crippen molar-refractivity contribution >= 4 is 29.0 Å². The Labute approximate surface area is 210 Å². The second kappa shape index (κ2) is 9.85. The minimum atomic E-state index is -1.81. The lowest BCUT2D eigenvalue weighted by Gasteiger charge is -2.34. The van der Waals surface area contributed by atoms with Crippen LogP contribution >= 0.6 is 0 Å². The molecule has 0 aliphatic carbocycles. The summed E-state index contributed by atoms with van der Waals surface area (Å²) in [5.74, 6) is -3.35. The number of unbranched alkanes of at least 4 members (excludes halogenated alkanes) is 1. The average Bonchev–Trinajstić information content (AvgIpc) is 3.22. The van der Waals surface area contributed by atoms with Crippen molar-refractivity contribution in [1.82, 2.24) is 9.80 Å². The minimum absolute atomic E-state index is 0.0426. The molecule has 1 fully saturated rings. The number of hydrogen-bond acceptors (Lipinski definition) is 5. The van der Waals surface area contributed by atoms with E-state index in [-0.39, 0.29) is 17.7 Å². The number of carbonyl (C=O) groups excluding carboxylic acids is 3. The number of aliphatic hydroxyl groups is 1. The van der Waals surface area contributed by atoms with Crippen LogP contribution in [0.4, 0.5) is 10.1 Å². The van der Waals surface area contributed by atoms with E-state index in [9.17, 15) is 23.9 Å². The van der Waals surface area contributed by atoms with Crippen LogP contribution < -0.4 is 4.90 Å². The van der Waals surface area contributed by atoms with Gasteiger partial charge in [0.25, 0.3) is 17.6 Å². The Morgan fingerprint density at radius 2 is 1.78 bits per heavy atom. The molecule has 36 heavy (non-hydrogen) atoms. The highest BCUT2D eigenvalue weighted by Crippen LogP contribution is 2.53. The van der Waals surface area contributed by atoms with Crippen molar-refractivity contribution in [2.75, 3.05) is 38.6 Å². The molecule has 190 valence electrons. The Morgan fingerprint density at radius 3 is 2.44 bits per heavy atom. The Hall–Kier alpha value is -3.52. The summed E-state index contributed by atoms with van der Waals surface area (Å²) in [6, 6.07) is 11.2. The molecule has 2 heterocycles. The molecular weight excluding hydrogens is 461 g/mol. The number of benzene rings is 2. The Morgan fingerprint density at radius 1 is 1.06 bits per heavy atom. The van der Waals surface area contributed by atoms with E-state index in [1.807, 2.05) is 25.9 Å². The monoisotopic (exact) mass is 493 g/mol. The van der Waals surface area contributed by atoms with Crippen LogP contribution in [0.2, 0.25) is 0 Å². The molecule has 1 spiro atoms. The number of rotatable bonds is 8. The molecule has 8 heteroatoms. The van der Waals surface area contributed by atoms with Gasteiger partial charge in [-0.15, -0.1) is 0 Å². The van der Waals surface area contributed by atoms with Crippen LogP contribution in [0.3, 0.4) is 0 Å². The van der Waals surface area contributed by atoms with E-state index in [2.05, 4.69) is 0 Å². The van der Waals surface area contributed by atoms with E-state index < -0.39 is 34.7 Å². The van der Waals surface area contributed by atoms with Gasteiger partial charge in [-0.1, -0.05) is 43.7 Å². The SMILES string of the molecule is CCCCN1C(=O)C2(/C(=C(\O)c3ccc(C)c(F)c3)C(=O)C(=O)N2CCCN(C)C)c2ccccc21. The Balaban J connectivity index is 1.99. The predicted molar refractivity (Wildman–Crippen MR) is 136 cm³/mol. The molecule has 2 aromatic rings. The zero-order valence-corrected chi connectivity index (χ0v) is 21.2. The van der Waals surface area contributed by atoms with Gasteiger partial charge in [-0.2, -0.15) is 0 Å². The molecule has 1 saturated heterocycles. The zero-order chi connectivity index (χ0) is 26.2. The largest absolute Gasteiger partial charge is 0.507 e. The maximum atomic E-state index is 14.4. The van der Waals surface area contributed by atoms with Gasteiger partial charge in [0, 0.05) is 24.2 Å². The van der Waals surface area contributed by atoms with Gasteiger partial charge in [0.05, 0.1) is 11.3 Å². The summed E-state index contributed by atoms with van der Waals surface area (Å²) in [6.45, 7) is 4.79. The van der Waals surface area contributed by atoms with Crippen molar-refractivity contribution in [3.63, 3.8) is 0 Å². The van der Waals surface area contributed by atoms with Crippen LogP contribution in [0.15, 0.2) is 48.0 Å². The van der Waals surface area contributed by atoms with Gasteiger partial charge in [0.15, 0.2) is 5.54 Å². The smallest absolute Gasteiger partial charge is 0.296 e. The highest BCUT2D eigenvalue weighted by atomic mass is 19.1. The van der Waals surface area contributed by atoms with Crippen LogP contribution in [-0.4, -0.2) is 66.2 Å². The molecule has 2 aliphatic rings. The summed E-state index contributed by atoms with van der Waals surface area (Å²) < 4.78 is 14.4. The number of carbonyl (C=O) groups is 3. The Kier molecular flexibility index (Phi) is 7.00. The first-order valence-electron chi connectivity index (χ1n) is 12.3. The third-order valence-electron chi connectivity index (χ3n) is 6.98. The van der Waals surface area contributed by atoms with Crippen molar-refractivity contribution in [1.29, 1.82) is 0 Å². The molecule has 2 aromatic carbocycles. The fourth-order valence-electron chi connectivity index (χ4n) is 5.13. The minimum Gasteiger partial charge on any atom is -0.507 e. The van der Waals surface area contributed by atoms with E-state index in [0.29, 0.717) is 36.3 Å². The van der Waals surface area contributed by atoms with Gasteiger partial charge in [0.1, 0.15) is 11.6 Å². The molecular formula is C28H32FN3O4. The fourth-order valence-corrected chi connectivity index (χ4v) is 5.13. The first kappa shape index (κ1) is 25.6. The van der Waals surface area contributed by atoms with Gasteiger partial charge in [0.2, 0.25) is 0 Å². The standard InChI is InChI=1S/C28H32FN3O4/c1-5-6-15-31-22-11-8-7-10-20(22)28(27(31)36)23(24(33)19-13-12-18(2)21(29)17-19)25(34)26(35)32(28)16-9-14-30(3)4/h7-8,10-13,17,33H,5-6,9,14-16H2,1-4H3/b24-23-. The molecule has 0 bridgehead atoms. The number of aliphatic hydroxyl groups excluding tert-OH is 1. The normalized spacial score (nSPS) is 20.8. The zero-order valence-electron chi connectivity index (χ0n) is 21.2. The van der Waals surface area contributed by atoms with E-state index in [1.54, 1.807) is 36.1 Å². The molecule has 0 aromatic heterocycles. The molecule has 2 aliphatic heterocycles. The predicted octanol–water partition coefficient (Wildman–Crippen LogP) is 3.81. The van der Waals surface area contributed by atoms with Gasteiger partial charge < -0.3 is 19.8 Å². The van der Waals surface area contributed by atoms with E-state index in [1.165, 1.54) is 17.0 Å². The number of aryl methyl sites for hydroxylation is 1. The summed E-state index contributed by atoms with van der Waals surface area (Å²) >= 11 is 0. The van der Waals surface area contributed by atoms with Crippen LogP contribution in [0.25, 0.3) is 5.76 Å². The highest BCUT2D eigenvalue weighted by molar-refractivity contribution is 6.50. The fraction of sp³-hybridized carbons (Fsp3) is 0.393. The number of para-hydroxylation sites is 1. The van der Waals surface area contributed by atoms with Crippen LogP contribution in [-0.2, 0) is 19.9 Å². The van der Waals surface area contributed by atoms with Crippen LogP contribution in [0, 0.1) is 12.7 Å². The lowest BCUT2D eigenvalue weighted by molar-refractivity contribution is -0.143. The maximum absolute atomic E-state index is 14.4. The number of hydrogen-bond donors (Lipinski definition) is 1. The van der Waals surface area contributed by atoms with Crippen molar-refractivity contribution < 1.29 is 23.9 Å². The number of amides is 2. The van der Waals surface area contributed by atoms with Gasteiger partial charge in [-0.25, -0.2) is 4.39 Å². The molecule has 1 N–H and O–H groups in total. The molecule has 7 nitrogen and oxygen atoms in total. The molecule has 0 radical (unpaired) electrons.